The Labute approximate surface area is 150 Å². The molecule has 0 unspecified atom stereocenters. The Hall–Kier alpha value is -1.35. The second-order valence-corrected chi connectivity index (χ2v) is 7.42. The molecular weight excluding hydrogens is 351 g/mol. The van der Waals surface area contributed by atoms with E-state index >= 15 is 0 Å². The van der Waals surface area contributed by atoms with Gasteiger partial charge in [-0.1, -0.05) is 13.8 Å². The molecule has 0 bridgehead atoms. The highest BCUT2D eigenvalue weighted by molar-refractivity contribution is 7.09. The molecule has 25 heavy (non-hydrogen) atoms. The van der Waals surface area contributed by atoms with Gasteiger partial charge in [-0.25, -0.2) is 9.98 Å². The number of thiazole rings is 1. The van der Waals surface area contributed by atoms with Gasteiger partial charge >= 0.3 is 6.18 Å². The van der Waals surface area contributed by atoms with Crippen LogP contribution in [0.5, 0.6) is 0 Å². The SMILES string of the molecule is CCNC(=NCc1nc(C(F)(F)F)cs1)N1CCN(CC(C)C)CC1. The molecule has 1 fully saturated rings. The normalized spacial score (nSPS) is 17.4. The van der Waals surface area contributed by atoms with Gasteiger partial charge in [0.1, 0.15) is 5.01 Å². The van der Waals surface area contributed by atoms with Crippen LogP contribution in [-0.4, -0.2) is 60.0 Å². The lowest BCUT2D eigenvalue weighted by molar-refractivity contribution is -0.140. The van der Waals surface area contributed by atoms with Crippen LogP contribution in [0.15, 0.2) is 10.4 Å². The van der Waals surface area contributed by atoms with Crippen molar-refractivity contribution in [1.82, 2.24) is 20.1 Å². The maximum absolute atomic E-state index is 12.6. The lowest BCUT2D eigenvalue weighted by Gasteiger charge is -2.37. The lowest BCUT2D eigenvalue weighted by Crippen LogP contribution is -2.53. The number of guanidine groups is 1. The molecule has 1 aromatic heterocycles. The van der Waals surface area contributed by atoms with Crippen molar-refractivity contribution in [3.05, 3.63) is 16.1 Å². The Morgan fingerprint density at radius 3 is 2.52 bits per heavy atom. The number of hydrogen-bond donors (Lipinski definition) is 1. The van der Waals surface area contributed by atoms with E-state index in [1.807, 2.05) is 6.92 Å². The summed E-state index contributed by atoms with van der Waals surface area (Å²) in [5, 5.41) is 4.65. The van der Waals surface area contributed by atoms with Crippen molar-refractivity contribution >= 4 is 17.3 Å². The van der Waals surface area contributed by atoms with Crippen LogP contribution in [0.3, 0.4) is 0 Å². The van der Waals surface area contributed by atoms with E-state index in [2.05, 4.69) is 38.9 Å². The molecule has 1 saturated heterocycles. The smallest absolute Gasteiger partial charge is 0.357 e. The number of aliphatic imine (C=N–C) groups is 1. The predicted molar refractivity (Wildman–Crippen MR) is 94.8 cm³/mol. The molecule has 1 aliphatic heterocycles. The first kappa shape index (κ1) is 20.0. The molecule has 1 aliphatic rings. The minimum Gasteiger partial charge on any atom is -0.357 e. The topological polar surface area (TPSA) is 43.8 Å². The summed E-state index contributed by atoms with van der Waals surface area (Å²) >= 11 is 0.998. The van der Waals surface area contributed by atoms with Gasteiger partial charge in [0.2, 0.25) is 0 Å². The number of aromatic nitrogens is 1. The average Bonchev–Trinajstić information content (AvgIpc) is 3.01. The number of nitrogens with zero attached hydrogens (tertiary/aromatic N) is 4. The molecule has 2 heterocycles. The summed E-state index contributed by atoms with van der Waals surface area (Å²) in [6.07, 6.45) is -4.39. The van der Waals surface area contributed by atoms with E-state index in [9.17, 15) is 13.2 Å². The predicted octanol–water partition coefficient (Wildman–Crippen LogP) is 2.90. The summed E-state index contributed by atoms with van der Waals surface area (Å²) in [6.45, 7) is 12.0. The molecule has 0 aliphatic carbocycles. The molecule has 9 heteroatoms. The summed E-state index contributed by atoms with van der Waals surface area (Å²) < 4.78 is 37.9. The van der Waals surface area contributed by atoms with Crippen LogP contribution in [0.25, 0.3) is 0 Å². The molecule has 142 valence electrons. The zero-order chi connectivity index (χ0) is 18.4. The van der Waals surface area contributed by atoms with Gasteiger partial charge in [-0.15, -0.1) is 11.3 Å². The number of nitrogens with one attached hydrogen (secondary N) is 1. The first-order valence-corrected chi connectivity index (χ1v) is 9.44. The second kappa shape index (κ2) is 8.84. The monoisotopic (exact) mass is 377 g/mol. The van der Waals surface area contributed by atoms with Gasteiger partial charge in [-0.05, 0) is 12.8 Å². The zero-order valence-corrected chi connectivity index (χ0v) is 15.8. The standard InChI is InChI=1S/C16H26F3N5S/c1-4-20-15(24-7-5-23(6-8-24)10-12(2)3)21-9-14-22-13(11-25-14)16(17,18)19/h11-12H,4-10H2,1-3H3,(H,20,21). The van der Waals surface area contributed by atoms with Crippen LogP contribution in [0.2, 0.25) is 0 Å². The average molecular weight is 377 g/mol. The number of piperazine rings is 1. The molecule has 0 saturated carbocycles. The van der Waals surface area contributed by atoms with Gasteiger partial charge in [-0.2, -0.15) is 13.2 Å². The van der Waals surface area contributed by atoms with E-state index in [0.717, 1.165) is 61.9 Å². The van der Waals surface area contributed by atoms with E-state index in [-0.39, 0.29) is 6.54 Å². The highest BCUT2D eigenvalue weighted by Crippen LogP contribution is 2.30. The lowest BCUT2D eigenvalue weighted by atomic mass is 10.2. The zero-order valence-electron chi connectivity index (χ0n) is 14.9. The molecule has 5 nitrogen and oxygen atoms in total. The molecular formula is C16H26F3N5S. The van der Waals surface area contributed by atoms with Crippen LogP contribution >= 0.6 is 11.3 Å². The van der Waals surface area contributed by atoms with E-state index in [1.165, 1.54) is 0 Å². The van der Waals surface area contributed by atoms with E-state index < -0.39 is 11.9 Å². The first-order chi connectivity index (χ1) is 11.8. The summed E-state index contributed by atoms with van der Waals surface area (Å²) in [7, 11) is 0. The Bertz CT molecular complexity index is 562. The third-order valence-electron chi connectivity index (χ3n) is 3.84. The largest absolute Gasteiger partial charge is 0.434 e. The Morgan fingerprint density at radius 1 is 1.32 bits per heavy atom. The van der Waals surface area contributed by atoms with Crippen LogP contribution in [0.4, 0.5) is 13.2 Å². The van der Waals surface area contributed by atoms with Crippen LogP contribution in [0.1, 0.15) is 31.5 Å². The molecule has 0 radical (unpaired) electrons. The van der Waals surface area contributed by atoms with E-state index in [0.29, 0.717) is 10.9 Å². The van der Waals surface area contributed by atoms with Crippen LogP contribution < -0.4 is 5.32 Å². The van der Waals surface area contributed by atoms with Crippen molar-refractivity contribution in [1.29, 1.82) is 0 Å². The number of halogens is 3. The highest BCUT2D eigenvalue weighted by atomic mass is 32.1. The molecule has 0 atom stereocenters. The van der Waals surface area contributed by atoms with Crippen molar-refractivity contribution in [3.63, 3.8) is 0 Å². The van der Waals surface area contributed by atoms with Crippen molar-refractivity contribution in [2.45, 2.75) is 33.5 Å². The Kier molecular flexibility index (Phi) is 7.06. The van der Waals surface area contributed by atoms with E-state index in [4.69, 9.17) is 0 Å². The summed E-state index contributed by atoms with van der Waals surface area (Å²) in [5.41, 5.74) is -0.838. The van der Waals surface area contributed by atoms with Crippen LogP contribution in [0, 0.1) is 5.92 Å². The van der Waals surface area contributed by atoms with Gasteiger partial charge in [0, 0.05) is 44.6 Å². The van der Waals surface area contributed by atoms with Gasteiger partial charge in [-0.3, -0.25) is 4.90 Å². The molecule has 0 aromatic carbocycles. The second-order valence-electron chi connectivity index (χ2n) is 6.48. The maximum atomic E-state index is 12.6. The Balaban J connectivity index is 1.96. The number of rotatable bonds is 5. The molecule has 1 N–H and O–H groups in total. The summed E-state index contributed by atoms with van der Waals surface area (Å²) in [5.74, 6) is 1.39. The highest BCUT2D eigenvalue weighted by Gasteiger charge is 2.33. The summed E-state index contributed by atoms with van der Waals surface area (Å²) in [4.78, 5) is 12.7. The number of hydrogen-bond acceptors (Lipinski definition) is 4. The molecule has 0 amide bonds. The summed E-state index contributed by atoms with van der Waals surface area (Å²) in [6, 6.07) is 0. The van der Waals surface area contributed by atoms with Crippen molar-refractivity contribution in [2.75, 3.05) is 39.3 Å². The quantitative estimate of drug-likeness (QED) is 0.633. The van der Waals surface area contributed by atoms with Crippen molar-refractivity contribution in [3.8, 4) is 0 Å². The van der Waals surface area contributed by atoms with Gasteiger partial charge in [0.05, 0.1) is 6.54 Å². The van der Waals surface area contributed by atoms with Crippen molar-refractivity contribution < 1.29 is 13.2 Å². The molecule has 0 spiro atoms. The minimum atomic E-state index is -4.39. The van der Waals surface area contributed by atoms with Gasteiger partial charge in [0.15, 0.2) is 11.7 Å². The third kappa shape index (κ3) is 6.14. The fourth-order valence-corrected chi connectivity index (χ4v) is 3.46. The fourth-order valence-electron chi connectivity index (χ4n) is 2.74. The van der Waals surface area contributed by atoms with Crippen molar-refractivity contribution in [2.24, 2.45) is 10.9 Å². The number of alkyl halides is 3. The fraction of sp³-hybridized carbons (Fsp3) is 0.750. The molecule has 1 aromatic rings. The van der Waals surface area contributed by atoms with Gasteiger partial charge < -0.3 is 10.2 Å². The maximum Gasteiger partial charge on any atom is 0.434 e. The van der Waals surface area contributed by atoms with Gasteiger partial charge in [0.25, 0.3) is 0 Å². The van der Waals surface area contributed by atoms with E-state index in [1.54, 1.807) is 0 Å². The minimum absolute atomic E-state index is 0.162. The molecule has 2 rings (SSSR count). The van der Waals surface area contributed by atoms with Crippen LogP contribution in [-0.2, 0) is 12.7 Å². The third-order valence-corrected chi connectivity index (χ3v) is 4.67. The Morgan fingerprint density at radius 2 is 2.00 bits per heavy atom. The first-order valence-electron chi connectivity index (χ1n) is 8.56.